The van der Waals surface area contributed by atoms with Gasteiger partial charge in [-0.3, -0.25) is 4.79 Å². The highest BCUT2D eigenvalue weighted by Gasteiger charge is 2.14. The van der Waals surface area contributed by atoms with Gasteiger partial charge in [0.15, 0.2) is 0 Å². The Morgan fingerprint density at radius 1 is 1.48 bits per heavy atom. The molecule has 1 heterocycles. The first kappa shape index (κ1) is 18.1. The second-order valence-electron chi connectivity index (χ2n) is 4.84. The van der Waals surface area contributed by atoms with Crippen LogP contribution in [0.2, 0.25) is 5.02 Å². The lowest BCUT2D eigenvalue weighted by Gasteiger charge is -2.14. The van der Waals surface area contributed by atoms with E-state index < -0.39 is 0 Å². The molecule has 21 heavy (non-hydrogen) atoms. The van der Waals surface area contributed by atoms with Gasteiger partial charge in [0, 0.05) is 18.8 Å². The zero-order valence-electron chi connectivity index (χ0n) is 12.9. The van der Waals surface area contributed by atoms with Crippen molar-refractivity contribution >= 4 is 35.1 Å². The van der Waals surface area contributed by atoms with Gasteiger partial charge in [0.2, 0.25) is 0 Å². The molecule has 4 nitrogen and oxygen atoms in total. The normalized spacial score (nSPS) is 12.0. The zero-order valence-corrected chi connectivity index (χ0v) is 14.5. The van der Waals surface area contributed by atoms with Crippen LogP contribution in [-0.4, -0.2) is 35.0 Å². The lowest BCUT2D eigenvalue weighted by Crippen LogP contribution is -2.33. The Hall–Kier alpha value is -0.940. The van der Waals surface area contributed by atoms with Crippen molar-refractivity contribution in [1.82, 2.24) is 10.3 Å². The van der Waals surface area contributed by atoms with Crippen LogP contribution in [0, 0.1) is 0 Å². The summed E-state index contributed by atoms with van der Waals surface area (Å²) >= 11 is 7.96. The maximum absolute atomic E-state index is 12.3. The quantitative estimate of drug-likeness (QED) is 0.676. The van der Waals surface area contributed by atoms with Crippen molar-refractivity contribution in [2.45, 2.75) is 39.7 Å². The number of pyridine rings is 1. The SMILES string of the molecule is CCCNc1cc(C(=O)NC(C)CCSCC)c(Cl)cn1. The van der Waals surface area contributed by atoms with Gasteiger partial charge in [0.1, 0.15) is 5.82 Å². The van der Waals surface area contributed by atoms with E-state index in [1.54, 1.807) is 6.07 Å². The summed E-state index contributed by atoms with van der Waals surface area (Å²) in [5.41, 5.74) is 0.472. The number of anilines is 1. The number of carbonyl (C=O) groups is 1. The van der Waals surface area contributed by atoms with E-state index in [1.807, 2.05) is 18.7 Å². The molecule has 0 aromatic carbocycles. The van der Waals surface area contributed by atoms with Crippen LogP contribution in [0.3, 0.4) is 0 Å². The fourth-order valence-electron chi connectivity index (χ4n) is 1.74. The molecule has 1 aromatic heterocycles. The number of halogens is 1. The molecule has 2 N–H and O–H groups in total. The van der Waals surface area contributed by atoms with E-state index >= 15 is 0 Å². The molecule has 0 spiro atoms. The lowest BCUT2D eigenvalue weighted by molar-refractivity contribution is 0.0939. The molecule has 0 aliphatic rings. The maximum Gasteiger partial charge on any atom is 0.253 e. The van der Waals surface area contributed by atoms with Crippen LogP contribution in [0.25, 0.3) is 0 Å². The zero-order chi connectivity index (χ0) is 15.7. The molecule has 0 radical (unpaired) electrons. The van der Waals surface area contributed by atoms with E-state index in [0.717, 1.165) is 30.9 Å². The van der Waals surface area contributed by atoms with Crippen LogP contribution in [0.4, 0.5) is 5.82 Å². The molecule has 1 rings (SSSR count). The summed E-state index contributed by atoms with van der Waals surface area (Å²) < 4.78 is 0. The Balaban J connectivity index is 2.63. The maximum atomic E-state index is 12.3. The average molecular weight is 330 g/mol. The van der Waals surface area contributed by atoms with E-state index in [2.05, 4.69) is 29.5 Å². The molecule has 0 aliphatic heterocycles. The van der Waals surface area contributed by atoms with Crippen molar-refractivity contribution < 1.29 is 4.79 Å². The standard InChI is InChI=1S/C15H24ClN3OS/c1-4-7-17-14-9-12(13(16)10-18-14)15(20)19-11(3)6-8-21-5-2/h9-11H,4-8H2,1-3H3,(H,17,18)(H,19,20). The van der Waals surface area contributed by atoms with Crippen LogP contribution >= 0.6 is 23.4 Å². The minimum atomic E-state index is -0.143. The molecule has 0 bridgehead atoms. The second-order valence-corrected chi connectivity index (χ2v) is 6.64. The summed E-state index contributed by atoms with van der Waals surface area (Å²) in [4.78, 5) is 16.4. The number of hydrogen-bond acceptors (Lipinski definition) is 4. The molecule has 118 valence electrons. The summed E-state index contributed by atoms with van der Waals surface area (Å²) in [6.45, 7) is 7.04. The third-order valence-corrected chi connectivity index (χ3v) is 4.17. The molecule has 1 unspecified atom stereocenters. The first-order valence-corrected chi connectivity index (χ1v) is 8.89. The fourth-order valence-corrected chi connectivity index (χ4v) is 2.74. The van der Waals surface area contributed by atoms with E-state index in [0.29, 0.717) is 16.4 Å². The van der Waals surface area contributed by atoms with Gasteiger partial charge in [-0.1, -0.05) is 25.4 Å². The predicted octanol–water partition coefficient (Wildman–Crippen LogP) is 3.82. The number of rotatable bonds is 9. The van der Waals surface area contributed by atoms with Crippen molar-refractivity contribution in [3.63, 3.8) is 0 Å². The fraction of sp³-hybridized carbons (Fsp3) is 0.600. The van der Waals surface area contributed by atoms with Crippen molar-refractivity contribution in [3.8, 4) is 0 Å². The van der Waals surface area contributed by atoms with Gasteiger partial charge in [-0.25, -0.2) is 4.98 Å². The Morgan fingerprint density at radius 3 is 2.90 bits per heavy atom. The van der Waals surface area contributed by atoms with Crippen LogP contribution in [-0.2, 0) is 0 Å². The molecule has 0 saturated heterocycles. The number of carbonyl (C=O) groups excluding carboxylic acids is 1. The third kappa shape index (κ3) is 6.57. The minimum absolute atomic E-state index is 0.132. The smallest absolute Gasteiger partial charge is 0.253 e. The van der Waals surface area contributed by atoms with Gasteiger partial charge in [-0.05, 0) is 37.3 Å². The Bertz CT molecular complexity index is 457. The van der Waals surface area contributed by atoms with Crippen LogP contribution in [0.5, 0.6) is 0 Å². The largest absolute Gasteiger partial charge is 0.370 e. The van der Waals surface area contributed by atoms with Gasteiger partial charge < -0.3 is 10.6 Å². The monoisotopic (exact) mass is 329 g/mol. The molecule has 0 fully saturated rings. The van der Waals surface area contributed by atoms with E-state index in [4.69, 9.17) is 11.6 Å². The Morgan fingerprint density at radius 2 is 2.24 bits per heavy atom. The predicted molar refractivity (Wildman–Crippen MR) is 92.6 cm³/mol. The number of hydrogen-bond donors (Lipinski definition) is 2. The second kappa shape index (κ2) is 9.90. The molecule has 1 aromatic rings. The van der Waals surface area contributed by atoms with E-state index in [1.165, 1.54) is 6.20 Å². The number of nitrogens with zero attached hydrogens (tertiary/aromatic N) is 1. The first-order valence-electron chi connectivity index (χ1n) is 7.36. The van der Waals surface area contributed by atoms with Gasteiger partial charge in [0.25, 0.3) is 5.91 Å². The highest BCUT2D eigenvalue weighted by atomic mass is 35.5. The van der Waals surface area contributed by atoms with Gasteiger partial charge in [-0.2, -0.15) is 11.8 Å². The van der Waals surface area contributed by atoms with E-state index in [9.17, 15) is 4.79 Å². The summed E-state index contributed by atoms with van der Waals surface area (Å²) in [6, 6.07) is 1.84. The van der Waals surface area contributed by atoms with Crippen molar-refractivity contribution in [2.24, 2.45) is 0 Å². The Kier molecular flexibility index (Phi) is 8.54. The van der Waals surface area contributed by atoms with Crippen molar-refractivity contribution in [3.05, 3.63) is 22.8 Å². The lowest BCUT2D eigenvalue weighted by atomic mass is 10.2. The van der Waals surface area contributed by atoms with Crippen LogP contribution in [0.1, 0.15) is 44.0 Å². The number of amides is 1. The third-order valence-electron chi connectivity index (χ3n) is 2.93. The molecule has 1 amide bonds. The Labute approximate surface area is 136 Å². The topological polar surface area (TPSA) is 54.0 Å². The molecule has 1 atom stereocenters. The minimum Gasteiger partial charge on any atom is -0.370 e. The first-order chi connectivity index (χ1) is 10.1. The summed E-state index contributed by atoms with van der Waals surface area (Å²) in [5, 5.41) is 6.53. The van der Waals surface area contributed by atoms with Crippen molar-refractivity contribution in [2.75, 3.05) is 23.4 Å². The number of aromatic nitrogens is 1. The summed E-state index contributed by atoms with van der Waals surface area (Å²) in [7, 11) is 0. The summed E-state index contributed by atoms with van der Waals surface area (Å²) in [5.74, 6) is 2.69. The van der Waals surface area contributed by atoms with Gasteiger partial charge >= 0.3 is 0 Å². The molecular weight excluding hydrogens is 306 g/mol. The highest BCUT2D eigenvalue weighted by Crippen LogP contribution is 2.18. The van der Waals surface area contributed by atoms with Crippen molar-refractivity contribution in [1.29, 1.82) is 0 Å². The van der Waals surface area contributed by atoms with Gasteiger partial charge in [0.05, 0.1) is 10.6 Å². The molecule has 0 aliphatic carbocycles. The molecule has 0 saturated carbocycles. The highest BCUT2D eigenvalue weighted by molar-refractivity contribution is 7.99. The molecule has 6 heteroatoms. The number of nitrogens with one attached hydrogen (secondary N) is 2. The van der Waals surface area contributed by atoms with E-state index in [-0.39, 0.29) is 11.9 Å². The average Bonchev–Trinajstić information content (AvgIpc) is 2.46. The van der Waals surface area contributed by atoms with Crippen LogP contribution < -0.4 is 10.6 Å². The van der Waals surface area contributed by atoms with Gasteiger partial charge in [-0.15, -0.1) is 0 Å². The summed E-state index contributed by atoms with van der Waals surface area (Å²) in [6.07, 6.45) is 3.47. The van der Waals surface area contributed by atoms with Crippen LogP contribution in [0.15, 0.2) is 12.3 Å². The molecular formula is C15H24ClN3OS. The number of thioether (sulfide) groups is 1.